The molecule has 1 unspecified atom stereocenters. The molecule has 0 radical (unpaired) electrons. The average molecular weight is 568 g/mol. The number of nitrogens with two attached hydrogens (primary N) is 1. The highest BCUT2D eigenvalue weighted by molar-refractivity contribution is 6.00. The predicted octanol–water partition coefficient (Wildman–Crippen LogP) is 5.80. The third-order valence-electron chi connectivity index (χ3n) is 6.31. The van der Waals surface area contributed by atoms with Gasteiger partial charge in [-0.15, -0.1) is 0 Å². The molecule has 0 spiro atoms. The number of H-pyrrole nitrogens is 1. The van der Waals surface area contributed by atoms with Crippen molar-refractivity contribution >= 4 is 28.0 Å². The average Bonchev–Trinajstić information content (AvgIpc) is 3.32. The van der Waals surface area contributed by atoms with Gasteiger partial charge in [-0.25, -0.2) is 4.98 Å². The second kappa shape index (κ2) is 13.2. The number of aromatic amines is 1. The summed E-state index contributed by atoms with van der Waals surface area (Å²) in [6.45, 7) is 2.67. The molecule has 0 aliphatic rings. The van der Waals surface area contributed by atoms with Crippen molar-refractivity contribution in [2.75, 3.05) is 13.2 Å². The number of hydrogen-bond donors (Lipinski definition) is 3. The molecular formula is C30H29F4N5O2. The van der Waals surface area contributed by atoms with Gasteiger partial charge in [0, 0.05) is 36.5 Å². The summed E-state index contributed by atoms with van der Waals surface area (Å²) in [6, 6.07) is 16.1. The highest BCUT2D eigenvalue weighted by atomic mass is 19.4. The smallest absolute Gasteiger partial charge is 0.393 e. The summed E-state index contributed by atoms with van der Waals surface area (Å²) in [6.07, 6.45) is -0.547. The lowest BCUT2D eigenvalue weighted by atomic mass is 9.88. The van der Waals surface area contributed by atoms with Crippen molar-refractivity contribution in [3.05, 3.63) is 102 Å². The number of halogens is 4. The topological polar surface area (TPSA) is 106 Å². The molecule has 4 aromatic rings. The van der Waals surface area contributed by atoms with E-state index in [1.807, 2.05) is 6.92 Å². The Balaban J connectivity index is 1.66. The molecule has 7 nitrogen and oxygen atoms in total. The van der Waals surface area contributed by atoms with Gasteiger partial charge in [0.2, 0.25) is 17.7 Å². The Morgan fingerprint density at radius 2 is 1.85 bits per heavy atom. The maximum Gasteiger partial charge on any atom is 0.393 e. The zero-order valence-electron chi connectivity index (χ0n) is 22.2. The number of allylic oxidation sites excluding steroid dienone is 1. The molecular weight excluding hydrogens is 538 g/mol. The summed E-state index contributed by atoms with van der Waals surface area (Å²) < 4.78 is 61.7. The van der Waals surface area contributed by atoms with Crippen molar-refractivity contribution in [2.24, 2.45) is 5.73 Å². The van der Waals surface area contributed by atoms with Gasteiger partial charge in [0.1, 0.15) is 6.61 Å². The molecule has 0 aliphatic carbocycles. The van der Waals surface area contributed by atoms with E-state index in [0.29, 0.717) is 28.8 Å². The van der Waals surface area contributed by atoms with Crippen molar-refractivity contribution in [1.82, 2.24) is 20.5 Å². The van der Waals surface area contributed by atoms with Crippen LogP contribution >= 0.6 is 0 Å². The molecule has 2 aromatic carbocycles. The third kappa shape index (κ3) is 8.01. The maximum atomic E-state index is 14.4. The molecule has 0 fully saturated rings. The minimum atomic E-state index is -4.51. The lowest BCUT2D eigenvalue weighted by molar-refractivity contribution is -0.123. The van der Waals surface area contributed by atoms with Crippen LogP contribution in [-0.4, -0.2) is 46.5 Å². The number of amides is 1. The molecule has 2 aromatic heterocycles. The van der Waals surface area contributed by atoms with Gasteiger partial charge in [-0.3, -0.25) is 9.89 Å². The number of rotatable bonds is 12. The number of nitrogens with one attached hydrogen (secondary N) is 2. The first kappa shape index (κ1) is 29.5. The van der Waals surface area contributed by atoms with E-state index in [4.69, 9.17) is 10.5 Å². The first-order valence-corrected chi connectivity index (χ1v) is 12.9. The number of aromatic nitrogens is 3. The minimum absolute atomic E-state index is 0.0237. The summed E-state index contributed by atoms with van der Waals surface area (Å²) in [5.41, 5.74) is 6.96. The normalized spacial score (nSPS) is 13.4. The molecule has 1 atom stereocenters. The maximum absolute atomic E-state index is 14.4. The van der Waals surface area contributed by atoms with Crippen molar-refractivity contribution < 1.29 is 27.1 Å². The van der Waals surface area contributed by atoms with Gasteiger partial charge >= 0.3 is 6.18 Å². The third-order valence-corrected chi connectivity index (χ3v) is 6.31. The van der Waals surface area contributed by atoms with E-state index in [9.17, 15) is 22.4 Å². The van der Waals surface area contributed by atoms with Gasteiger partial charge in [0.25, 0.3) is 0 Å². The largest absolute Gasteiger partial charge is 0.476 e. The molecule has 0 saturated carbocycles. The fraction of sp³-hybridized carbons (Fsp3) is 0.233. The van der Waals surface area contributed by atoms with E-state index in [2.05, 4.69) is 20.5 Å². The van der Waals surface area contributed by atoms with Crippen LogP contribution in [-0.2, 0) is 4.79 Å². The van der Waals surface area contributed by atoms with Gasteiger partial charge < -0.3 is 15.8 Å². The van der Waals surface area contributed by atoms with Crippen molar-refractivity contribution in [3.63, 3.8) is 0 Å². The van der Waals surface area contributed by atoms with Crippen LogP contribution in [0.15, 0.2) is 79.0 Å². The highest BCUT2D eigenvalue weighted by Crippen LogP contribution is 2.40. The minimum Gasteiger partial charge on any atom is -0.476 e. The van der Waals surface area contributed by atoms with Gasteiger partial charge in [-0.1, -0.05) is 49.4 Å². The number of ether oxygens (including phenoxy) is 1. The summed E-state index contributed by atoms with van der Waals surface area (Å²) in [7, 11) is 0. The second-order valence-corrected chi connectivity index (χ2v) is 9.24. The first-order valence-electron chi connectivity index (χ1n) is 12.9. The fourth-order valence-electron chi connectivity index (χ4n) is 4.40. The Labute approximate surface area is 234 Å². The standard InChI is InChI=1S/C30H29F4N5O2/c1-2-22(10-12-26(35)40)36-14-15-41-27-13-9-21(18-37-27)28(20-8-11-25-23(16-20)29(31)39-38-25)24(17-30(32,33)34)19-6-4-3-5-7-19/h3-13,16,18,22,36H,2,14-15,17H2,1H3,(H2,35,40)(H,38,39)/b12-10?,28-24-. The lowest BCUT2D eigenvalue weighted by Gasteiger charge is -2.19. The van der Waals surface area contributed by atoms with Crippen LogP contribution in [0.4, 0.5) is 17.6 Å². The van der Waals surface area contributed by atoms with Crippen LogP contribution in [0.1, 0.15) is 36.5 Å². The number of benzene rings is 2. The number of carbonyl (C=O) groups is 1. The van der Waals surface area contributed by atoms with E-state index in [1.54, 1.807) is 60.7 Å². The Bertz CT molecular complexity index is 1530. The molecule has 2 heterocycles. The molecule has 11 heteroatoms. The first-order chi connectivity index (χ1) is 19.6. The molecule has 0 saturated heterocycles. The van der Waals surface area contributed by atoms with E-state index in [1.165, 1.54) is 18.3 Å². The molecule has 214 valence electrons. The number of nitrogens with zero attached hydrogens (tertiary/aromatic N) is 2. The Kier molecular flexibility index (Phi) is 9.51. The molecule has 41 heavy (non-hydrogen) atoms. The van der Waals surface area contributed by atoms with Gasteiger partial charge in [-0.2, -0.15) is 22.7 Å². The predicted molar refractivity (Wildman–Crippen MR) is 149 cm³/mol. The summed E-state index contributed by atoms with van der Waals surface area (Å²) in [4.78, 5) is 15.3. The quantitative estimate of drug-likeness (QED) is 0.0869. The van der Waals surface area contributed by atoms with Gasteiger partial charge in [0.05, 0.1) is 17.3 Å². The number of hydrogen-bond acceptors (Lipinski definition) is 5. The van der Waals surface area contributed by atoms with E-state index in [0.717, 1.165) is 6.42 Å². The van der Waals surface area contributed by atoms with Gasteiger partial charge in [-0.05, 0) is 46.9 Å². The highest BCUT2D eigenvalue weighted by Gasteiger charge is 2.31. The van der Waals surface area contributed by atoms with Crippen LogP contribution in [0.25, 0.3) is 22.0 Å². The van der Waals surface area contributed by atoms with Crippen LogP contribution in [0.2, 0.25) is 0 Å². The molecule has 4 N–H and O–H groups in total. The van der Waals surface area contributed by atoms with E-state index < -0.39 is 24.5 Å². The SMILES string of the molecule is CCC(C=CC(N)=O)NCCOc1ccc(/C(=C(/CC(F)(F)F)c2ccccc2)c2ccc3n[nH]c(F)c3c2)cn1. The van der Waals surface area contributed by atoms with Crippen LogP contribution in [0, 0.1) is 5.95 Å². The molecule has 0 bridgehead atoms. The van der Waals surface area contributed by atoms with Crippen LogP contribution in [0.3, 0.4) is 0 Å². The van der Waals surface area contributed by atoms with E-state index >= 15 is 0 Å². The number of primary amides is 1. The Morgan fingerprint density at radius 3 is 2.51 bits per heavy atom. The van der Waals surface area contributed by atoms with E-state index in [-0.39, 0.29) is 35.1 Å². The summed E-state index contributed by atoms with van der Waals surface area (Å²) in [5.74, 6) is -0.923. The molecule has 0 aliphatic heterocycles. The number of pyridine rings is 1. The number of alkyl halides is 3. The summed E-state index contributed by atoms with van der Waals surface area (Å²) >= 11 is 0. The van der Waals surface area contributed by atoms with Crippen molar-refractivity contribution in [1.29, 1.82) is 0 Å². The molecule has 4 rings (SSSR count). The lowest BCUT2D eigenvalue weighted by Crippen LogP contribution is -2.31. The zero-order valence-corrected chi connectivity index (χ0v) is 22.2. The number of fused-ring (bicyclic) bond motifs is 1. The Morgan fingerprint density at radius 1 is 1.10 bits per heavy atom. The van der Waals surface area contributed by atoms with Gasteiger partial charge in [0.15, 0.2) is 0 Å². The second-order valence-electron chi connectivity index (χ2n) is 9.24. The molecule has 1 amide bonds. The fourth-order valence-corrected chi connectivity index (χ4v) is 4.40. The van der Waals surface area contributed by atoms with Crippen molar-refractivity contribution in [3.8, 4) is 5.88 Å². The van der Waals surface area contributed by atoms with Crippen molar-refractivity contribution in [2.45, 2.75) is 32.0 Å². The van der Waals surface area contributed by atoms with Crippen LogP contribution < -0.4 is 15.8 Å². The van der Waals surface area contributed by atoms with Crippen LogP contribution in [0.5, 0.6) is 5.88 Å². The summed E-state index contributed by atoms with van der Waals surface area (Å²) in [5, 5.41) is 9.53. The monoisotopic (exact) mass is 567 g/mol. The Hall–Kier alpha value is -4.51. The zero-order chi connectivity index (χ0) is 29.4. The number of carbonyl (C=O) groups excluding carboxylic acids is 1.